The first-order valence-corrected chi connectivity index (χ1v) is 7.34. The first kappa shape index (κ1) is 17.8. The molecule has 19 heavy (non-hydrogen) atoms. The van der Waals surface area contributed by atoms with Crippen molar-refractivity contribution >= 4 is 5.78 Å². The van der Waals surface area contributed by atoms with Gasteiger partial charge < -0.3 is 5.21 Å². The molecule has 0 aliphatic heterocycles. The minimum atomic E-state index is 0.400. The average Bonchev–Trinajstić information content (AvgIpc) is 2.38. The van der Waals surface area contributed by atoms with Gasteiger partial charge in [0.1, 0.15) is 12.3 Å². The van der Waals surface area contributed by atoms with E-state index in [0.29, 0.717) is 23.1 Å². The second kappa shape index (κ2) is 11.9. The fourth-order valence-corrected chi connectivity index (χ4v) is 1.77. The quantitative estimate of drug-likeness (QED) is 0.227. The molecular weight excluding hydrogens is 240 g/mol. The number of rotatable bonds is 12. The van der Waals surface area contributed by atoms with E-state index in [-0.39, 0.29) is 0 Å². The van der Waals surface area contributed by atoms with E-state index >= 15 is 0 Å². The van der Waals surface area contributed by atoms with Crippen LogP contribution in [0.4, 0.5) is 0 Å². The molecule has 0 unspecified atom stereocenters. The molecule has 0 N–H and O–H groups in total. The van der Waals surface area contributed by atoms with E-state index in [0.717, 1.165) is 57.6 Å². The minimum absolute atomic E-state index is 0.400. The Morgan fingerprint density at radius 1 is 1.21 bits per heavy atom. The fourth-order valence-electron chi connectivity index (χ4n) is 1.77. The van der Waals surface area contributed by atoms with Gasteiger partial charge in [-0.1, -0.05) is 38.0 Å². The maximum atomic E-state index is 11.5. The summed E-state index contributed by atoms with van der Waals surface area (Å²) in [5, 5.41) is 14.5. The standard InChI is InChI=1S/C15H28N2O2/c1-4-17(19)16-13-9-7-5-6-8-10-15(18)12-11-14(2)3/h4,14H,1,5-13H2,2-3H3. The Morgan fingerprint density at radius 3 is 2.47 bits per heavy atom. The number of nitrogens with zero attached hydrogens (tertiary/aromatic N) is 2. The lowest BCUT2D eigenvalue weighted by Gasteiger charge is -2.03. The Balaban J connectivity index is 3.31. The number of azo groups is 1. The Kier molecular flexibility index (Phi) is 11.1. The molecule has 0 radical (unpaired) electrons. The average molecular weight is 268 g/mol. The number of ketones is 1. The molecule has 0 heterocycles. The monoisotopic (exact) mass is 268 g/mol. The number of Topliss-reactive ketones (excluding diaryl/α,β-unsaturated/α-hetero) is 1. The van der Waals surface area contributed by atoms with Crippen molar-refractivity contribution in [3.05, 3.63) is 18.0 Å². The second-order valence-corrected chi connectivity index (χ2v) is 5.34. The van der Waals surface area contributed by atoms with Gasteiger partial charge in [-0.05, 0) is 36.9 Å². The SMILES string of the molecule is C=C[N+]([O-])=NCCCCCCCC(=O)CCC(C)C. The molecule has 0 spiro atoms. The van der Waals surface area contributed by atoms with E-state index < -0.39 is 0 Å². The van der Waals surface area contributed by atoms with Crippen LogP contribution in [-0.4, -0.2) is 17.2 Å². The summed E-state index contributed by atoms with van der Waals surface area (Å²) in [4.78, 5) is 12.0. The van der Waals surface area contributed by atoms with E-state index in [1.54, 1.807) is 0 Å². The maximum absolute atomic E-state index is 11.5. The highest BCUT2D eigenvalue weighted by atomic mass is 16.5. The van der Waals surface area contributed by atoms with Crippen molar-refractivity contribution < 1.29 is 9.66 Å². The predicted molar refractivity (Wildman–Crippen MR) is 77.9 cm³/mol. The number of hydrogen-bond acceptors (Lipinski definition) is 3. The zero-order chi connectivity index (χ0) is 14.5. The molecule has 0 aromatic carbocycles. The second-order valence-electron chi connectivity index (χ2n) is 5.34. The van der Waals surface area contributed by atoms with Crippen LogP contribution in [0.1, 0.15) is 65.2 Å². The Morgan fingerprint density at radius 2 is 1.84 bits per heavy atom. The third kappa shape index (κ3) is 13.0. The number of unbranched alkanes of at least 4 members (excludes halogenated alkanes) is 4. The highest BCUT2D eigenvalue weighted by Gasteiger charge is 2.03. The first-order chi connectivity index (χ1) is 9.06. The molecule has 4 nitrogen and oxygen atoms in total. The molecule has 0 aromatic heterocycles. The van der Waals surface area contributed by atoms with Crippen molar-refractivity contribution in [2.45, 2.75) is 65.2 Å². The summed E-state index contributed by atoms with van der Waals surface area (Å²) < 4.78 is 0. The first-order valence-electron chi connectivity index (χ1n) is 7.34. The third-order valence-electron chi connectivity index (χ3n) is 3.01. The van der Waals surface area contributed by atoms with Crippen molar-refractivity contribution in [2.75, 3.05) is 6.54 Å². The molecule has 0 saturated heterocycles. The number of carbonyl (C=O) groups excluding carboxylic acids is 1. The van der Waals surface area contributed by atoms with Gasteiger partial charge in [0.05, 0.1) is 0 Å². The lowest BCUT2D eigenvalue weighted by molar-refractivity contribution is -0.458. The van der Waals surface area contributed by atoms with Crippen LogP contribution in [0.2, 0.25) is 0 Å². The van der Waals surface area contributed by atoms with Gasteiger partial charge in [-0.25, -0.2) is 0 Å². The zero-order valence-corrected chi connectivity index (χ0v) is 12.4. The van der Waals surface area contributed by atoms with Gasteiger partial charge in [-0.3, -0.25) is 4.79 Å². The Bertz CT molecular complexity index is 286. The lowest BCUT2D eigenvalue weighted by atomic mass is 10.0. The van der Waals surface area contributed by atoms with Crippen LogP contribution < -0.4 is 0 Å². The highest BCUT2D eigenvalue weighted by Crippen LogP contribution is 2.10. The molecular formula is C15H28N2O2. The Hall–Kier alpha value is -1.19. The number of hydrogen-bond donors (Lipinski definition) is 0. The summed E-state index contributed by atoms with van der Waals surface area (Å²) >= 11 is 0. The van der Waals surface area contributed by atoms with E-state index in [9.17, 15) is 10.0 Å². The molecule has 0 atom stereocenters. The van der Waals surface area contributed by atoms with E-state index in [1.165, 1.54) is 0 Å². The molecule has 0 rings (SSSR count). The van der Waals surface area contributed by atoms with Crippen LogP contribution in [0, 0.1) is 11.1 Å². The molecule has 110 valence electrons. The smallest absolute Gasteiger partial charge is 0.202 e. The summed E-state index contributed by atoms with van der Waals surface area (Å²) in [6.07, 6.45) is 8.81. The van der Waals surface area contributed by atoms with Crippen LogP contribution in [-0.2, 0) is 4.79 Å². The van der Waals surface area contributed by atoms with Gasteiger partial charge in [0.15, 0.2) is 0 Å². The summed E-state index contributed by atoms with van der Waals surface area (Å²) in [5.41, 5.74) is 0. The zero-order valence-electron chi connectivity index (χ0n) is 12.4. The van der Waals surface area contributed by atoms with E-state index in [2.05, 4.69) is 25.5 Å². The van der Waals surface area contributed by atoms with Crippen molar-refractivity contribution in [1.29, 1.82) is 0 Å². The largest absolute Gasteiger partial charge is 0.595 e. The minimum Gasteiger partial charge on any atom is -0.595 e. The van der Waals surface area contributed by atoms with E-state index in [1.807, 2.05) is 0 Å². The Labute approximate surface area is 117 Å². The van der Waals surface area contributed by atoms with Crippen LogP contribution >= 0.6 is 0 Å². The molecule has 0 aromatic rings. The van der Waals surface area contributed by atoms with Gasteiger partial charge in [-0.2, -0.15) is 0 Å². The third-order valence-corrected chi connectivity index (χ3v) is 3.01. The van der Waals surface area contributed by atoms with Crippen LogP contribution in [0.3, 0.4) is 0 Å². The van der Waals surface area contributed by atoms with Gasteiger partial charge in [0.25, 0.3) is 0 Å². The molecule has 0 bridgehead atoms. The summed E-state index contributed by atoms with van der Waals surface area (Å²) in [6.45, 7) is 8.18. The number of hydroxylamine groups is 1. The van der Waals surface area contributed by atoms with Crippen molar-refractivity contribution in [3.8, 4) is 0 Å². The molecule has 0 aliphatic rings. The van der Waals surface area contributed by atoms with Crippen LogP contribution in [0.25, 0.3) is 0 Å². The molecule has 0 saturated carbocycles. The highest BCUT2D eigenvalue weighted by molar-refractivity contribution is 5.78. The molecule has 0 amide bonds. The van der Waals surface area contributed by atoms with Gasteiger partial charge in [-0.15, -0.1) is 0 Å². The predicted octanol–water partition coefficient (Wildman–Crippen LogP) is 4.44. The summed E-state index contributed by atoms with van der Waals surface area (Å²) in [5.74, 6) is 1.01. The summed E-state index contributed by atoms with van der Waals surface area (Å²) in [6, 6.07) is 0. The lowest BCUT2D eigenvalue weighted by Crippen LogP contribution is -2.00. The normalized spacial score (nSPS) is 11.8. The topological polar surface area (TPSA) is 55.5 Å². The van der Waals surface area contributed by atoms with Gasteiger partial charge >= 0.3 is 0 Å². The number of carbonyl (C=O) groups is 1. The van der Waals surface area contributed by atoms with Crippen LogP contribution in [0.15, 0.2) is 17.9 Å². The summed E-state index contributed by atoms with van der Waals surface area (Å²) in [7, 11) is 0. The molecule has 0 fully saturated rings. The van der Waals surface area contributed by atoms with E-state index in [4.69, 9.17) is 0 Å². The van der Waals surface area contributed by atoms with Gasteiger partial charge in [0, 0.05) is 12.8 Å². The molecule has 0 aliphatic carbocycles. The van der Waals surface area contributed by atoms with Crippen LogP contribution in [0.5, 0.6) is 0 Å². The molecule has 4 heteroatoms. The van der Waals surface area contributed by atoms with Crippen molar-refractivity contribution in [1.82, 2.24) is 0 Å². The fraction of sp³-hybridized carbons (Fsp3) is 0.800. The van der Waals surface area contributed by atoms with Gasteiger partial charge in [0.2, 0.25) is 6.20 Å². The van der Waals surface area contributed by atoms with Crippen molar-refractivity contribution in [2.24, 2.45) is 11.0 Å². The van der Waals surface area contributed by atoms with Crippen molar-refractivity contribution in [3.63, 3.8) is 0 Å². The maximum Gasteiger partial charge on any atom is 0.202 e.